The molecule has 30 heavy (non-hydrogen) atoms. The summed E-state index contributed by atoms with van der Waals surface area (Å²) < 4.78 is 40.9. The fourth-order valence-electron chi connectivity index (χ4n) is 4.24. The van der Waals surface area contributed by atoms with Crippen LogP contribution in [-0.2, 0) is 12.7 Å². The highest BCUT2D eigenvalue weighted by Gasteiger charge is 2.34. The van der Waals surface area contributed by atoms with Gasteiger partial charge in [0.05, 0.1) is 5.56 Å². The Hall–Kier alpha value is -2.77. The van der Waals surface area contributed by atoms with Gasteiger partial charge in [-0.25, -0.2) is 9.97 Å². The molecule has 3 heterocycles. The molecule has 1 unspecified atom stereocenters. The predicted octanol–water partition coefficient (Wildman–Crippen LogP) is 5.95. The average molecular weight is 425 g/mol. The summed E-state index contributed by atoms with van der Waals surface area (Å²) in [4.78, 5) is 10.4. The molecular weight excluding hydrogens is 407 g/mol. The number of hydrogen-bond donors (Lipinski definition) is 0. The zero-order valence-electron chi connectivity index (χ0n) is 16.1. The summed E-state index contributed by atoms with van der Waals surface area (Å²) in [6, 6.07) is 11.8. The summed E-state index contributed by atoms with van der Waals surface area (Å²) in [5.41, 5.74) is 4.69. The zero-order valence-corrected chi connectivity index (χ0v) is 17.0. The van der Waals surface area contributed by atoms with Crippen molar-refractivity contribution in [3.63, 3.8) is 0 Å². The van der Waals surface area contributed by atoms with Crippen molar-refractivity contribution in [1.29, 1.82) is 0 Å². The maximum Gasteiger partial charge on any atom is 0.417 e. The maximum atomic E-state index is 13.4. The average Bonchev–Trinajstić information content (AvgIpc) is 3.17. The van der Waals surface area contributed by atoms with Gasteiger partial charge in [0.25, 0.3) is 0 Å². The number of fused-ring (bicyclic) bond motifs is 2. The Morgan fingerprint density at radius 3 is 2.60 bits per heavy atom. The van der Waals surface area contributed by atoms with Gasteiger partial charge in [-0.05, 0) is 47.5 Å². The van der Waals surface area contributed by atoms with Crippen LogP contribution in [0.25, 0.3) is 21.2 Å². The van der Waals surface area contributed by atoms with Crippen LogP contribution < -0.4 is 0 Å². The molecule has 0 aliphatic carbocycles. The van der Waals surface area contributed by atoms with Gasteiger partial charge in [0.15, 0.2) is 0 Å². The summed E-state index contributed by atoms with van der Waals surface area (Å²) in [5.74, 6) is 0.0187. The molecule has 5 rings (SSSR count). The Bertz CT molecular complexity index is 1220. The number of alkyl halides is 3. The van der Waals surface area contributed by atoms with Gasteiger partial charge in [-0.2, -0.15) is 13.2 Å². The zero-order chi connectivity index (χ0) is 20.9. The lowest BCUT2D eigenvalue weighted by atomic mass is 9.83. The summed E-state index contributed by atoms with van der Waals surface area (Å²) in [7, 11) is 2.04. The third-order valence-corrected chi connectivity index (χ3v) is 6.62. The van der Waals surface area contributed by atoms with Crippen molar-refractivity contribution in [1.82, 2.24) is 14.9 Å². The lowest BCUT2D eigenvalue weighted by Gasteiger charge is -2.33. The Morgan fingerprint density at radius 2 is 1.83 bits per heavy atom. The van der Waals surface area contributed by atoms with Crippen LogP contribution in [0.15, 0.2) is 60.5 Å². The first-order valence-electron chi connectivity index (χ1n) is 9.55. The van der Waals surface area contributed by atoms with Crippen LogP contribution in [-0.4, -0.2) is 28.5 Å². The summed E-state index contributed by atoms with van der Waals surface area (Å²) in [6.07, 6.45) is 0.718. The minimum absolute atomic E-state index is 0.0187. The minimum Gasteiger partial charge on any atom is -0.301 e. The SMILES string of the molecule is CN1Cc2cc(-c3cncnc3)ccc2C(c2ccc3scc(C(F)(F)F)c3c2)C1. The summed E-state index contributed by atoms with van der Waals surface area (Å²) in [6.45, 7) is 1.56. The molecule has 152 valence electrons. The first-order valence-corrected chi connectivity index (χ1v) is 10.4. The van der Waals surface area contributed by atoms with Crippen LogP contribution in [0.1, 0.15) is 28.2 Å². The molecule has 0 radical (unpaired) electrons. The van der Waals surface area contributed by atoms with Crippen molar-refractivity contribution in [2.75, 3.05) is 13.6 Å². The highest BCUT2D eigenvalue weighted by atomic mass is 32.1. The molecule has 7 heteroatoms. The van der Waals surface area contributed by atoms with Gasteiger partial charge in [0.2, 0.25) is 0 Å². The lowest BCUT2D eigenvalue weighted by Crippen LogP contribution is -2.31. The second kappa shape index (κ2) is 7.18. The van der Waals surface area contributed by atoms with Gasteiger partial charge in [0.1, 0.15) is 6.33 Å². The van der Waals surface area contributed by atoms with Crippen LogP contribution >= 0.6 is 11.3 Å². The van der Waals surface area contributed by atoms with Crippen LogP contribution in [0.5, 0.6) is 0 Å². The van der Waals surface area contributed by atoms with Gasteiger partial charge in [-0.1, -0.05) is 18.2 Å². The van der Waals surface area contributed by atoms with E-state index >= 15 is 0 Å². The van der Waals surface area contributed by atoms with Crippen LogP contribution in [0.4, 0.5) is 13.2 Å². The highest BCUT2D eigenvalue weighted by Crippen LogP contribution is 2.41. The molecule has 0 saturated heterocycles. The van der Waals surface area contributed by atoms with Gasteiger partial charge >= 0.3 is 6.18 Å². The third-order valence-electron chi connectivity index (χ3n) is 5.65. The molecular formula is C23H18F3N3S. The summed E-state index contributed by atoms with van der Waals surface area (Å²) >= 11 is 1.14. The van der Waals surface area contributed by atoms with E-state index in [-0.39, 0.29) is 11.3 Å². The Kier molecular flexibility index (Phi) is 4.60. The molecule has 1 aliphatic heterocycles. The third kappa shape index (κ3) is 3.38. The van der Waals surface area contributed by atoms with E-state index in [0.717, 1.165) is 46.7 Å². The molecule has 0 fully saturated rings. The second-order valence-corrected chi connectivity index (χ2v) is 8.60. The maximum absolute atomic E-state index is 13.4. The minimum atomic E-state index is -4.34. The number of rotatable bonds is 2. The molecule has 0 amide bonds. The van der Waals surface area contributed by atoms with Crippen molar-refractivity contribution < 1.29 is 13.2 Å². The number of likely N-dealkylation sites (N-methyl/N-ethyl adjacent to an activating group) is 1. The van der Waals surface area contributed by atoms with Gasteiger partial charge in [-0.15, -0.1) is 11.3 Å². The monoisotopic (exact) mass is 425 g/mol. The number of nitrogens with zero attached hydrogens (tertiary/aromatic N) is 3. The molecule has 2 aromatic heterocycles. The Morgan fingerprint density at radius 1 is 1.03 bits per heavy atom. The second-order valence-electron chi connectivity index (χ2n) is 7.69. The largest absolute Gasteiger partial charge is 0.417 e. The highest BCUT2D eigenvalue weighted by molar-refractivity contribution is 7.17. The van der Waals surface area contributed by atoms with E-state index in [4.69, 9.17) is 0 Å². The van der Waals surface area contributed by atoms with Crippen molar-refractivity contribution in [3.05, 3.63) is 82.8 Å². The fourth-order valence-corrected chi connectivity index (χ4v) is 5.19. The van der Waals surface area contributed by atoms with Crippen molar-refractivity contribution in [2.45, 2.75) is 18.6 Å². The van der Waals surface area contributed by atoms with Gasteiger partial charge < -0.3 is 4.90 Å². The smallest absolute Gasteiger partial charge is 0.301 e. The normalized spacial score (nSPS) is 17.3. The first-order chi connectivity index (χ1) is 14.4. The van der Waals surface area contributed by atoms with E-state index in [1.807, 2.05) is 25.2 Å². The molecule has 1 aliphatic rings. The van der Waals surface area contributed by atoms with E-state index in [9.17, 15) is 13.2 Å². The number of benzene rings is 2. The van der Waals surface area contributed by atoms with E-state index < -0.39 is 11.7 Å². The summed E-state index contributed by atoms with van der Waals surface area (Å²) in [5, 5.41) is 1.50. The fraction of sp³-hybridized carbons (Fsp3) is 0.217. The van der Waals surface area contributed by atoms with Gasteiger partial charge in [0, 0.05) is 52.4 Å². The topological polar surface area (TPSA) is 29.0 Å². The van der Waals surface area contributed by atoms with E-state index in [1.54, 1.807) is 18.5 Å². The first kappa shape index (κ1) is 19.2. The van der Waals surface area contributed by atoms with Crippen molar-refractivity contribution in [3.8, 4) is 11.1 Å². The van der Waals surface area contributed by atoms with Crippen molar-refractivity contribution in [2.24, 2.45) is 0 Å². The molecule has 0 bridgehead atoms. The number of halogens is 3. The van der Waals surface area contributed by atoms with E-state index in [2.05, 4.69) is 27.0 Å². The molecule has 0 N–H and O–H groups in total. The van der Waals surface area contributed by atoms with Crippen LogP contribution in [0.2, 0.25) is 0 Å². The molecule has 4 aromatic rings. The molecule has 3 nitrogen and oxygen atoms in total. The van der Waals surface area contributed by atoms with E-state index in [1.165, 1.54) is 17.3 Å². The molecule has 1 atom stereocenters. The Labute approximate surface area is 175 Å². The number of aromatic nitrogens is 2. The number of hydrogen-bond acceptors (Lipinski definition) is 4. The predicted molar refractivity (Wildman–Crippen MR) is 112 cm³/mol. The Balaban J connectivity index is 1.59. The van der Waals surface area contributed by atoms with Crippen LogP contribution in [0.3, 0.4) is 0 Å². The van der Waals surface area contributed by atoms with Crippen LogP contribution in [0, 0.1) is 0 Å². The standard InChI is InChI=1S/C23H18F3N3S/c1-29-10-16-6-14(17-8-27-13-28-9-17)2-4-18(16)20(11-29)15-3-5-22-19(7-15)21(12-30-22)23(24,25)26/h2-9,12-13,20H,10-11H2,1H3. The molecule has 0 spiro atoms. The lowest BCUT2D eigenvalue weighted by molar-refractivity contribution is -0.136. The quantitative estimate of drug-likeness (QED) is 0.397. The molecule has 2 aromatic carbocycles. The van der Waals surface area contributed by atoms with Crippen molar-refractivity contribution >= 4 is 21.4 Å². The molecule has 0 saturated carbocycles. The van der Waals surface area contributed by atoms with E-state index in [0.29, 0.717) is 4.70 Å². The van der Waals surface area contributed by atoms with Gasteiger partial charge in [-0.3, -0.25) is 0 Å². The number of thiophene rings is 1.